The maximum atomic E-state index is 11.7. The van der Waals surface area contributed by atoms with E-state index in [1.807, 2.05) is 18.2 Å². The van der Waals surface area contributed by atoms with Crippen molar-refractivity contribution in [3.05, 3.63) is 59.7 Å². The van der Waals surface area contributed by atoms with Gasteiger partial charge in [0.15, 0.2) is 0 Å². The number of carboxylic acid groups (broad SMARTS) is 1. The normalized spacial score (nSPS) is 12.8. The molecule has 1 amide bonds. The van der Waals surface area contributed by atoms with Crippen molar-refractivity contribution in [1.29, 1.82) is 0 Å². The van der Waals surface area contributed by atoms with Crippen LogP contribution in [0.5, 0.6) is 0 Å². The summed E-state index contributed by atoms with van der Waals surface area (Å²) in [4.78, 5) is 22.2. The van der Waals surface area contributed by atoms with Gasteiger partial charge in [0.05, 0.1) is 21.1 Å². The molecule has 5 nitrogen and oxygen atoms in total. The van der Waals surface area contributed by atoms with E-state index < -0.39 is 11.9 Å². The molecular formula is C20H21N2O3+. The molecule has 0 spiro atoms. The molecular weight excluding hydrogens is 316 g/mol. The van der Waals surface area contributed by atoms with Gasteiger partial charge in [-0.2, -0.15) is 0 Å². The maximum absolute atomic E-state index is 11.7. The summed E-state index contributed by atoms with van der Waals surface area (Å²) in [5.74, 6) is -1.60. The van der Waals surface area contributed by atoms with Crippen molar-refractivity contribution in [1.82, 2.24) is 4.48 Å². The van der Waals surface area contributed by atoms with E-state index in [0.29, 0.717) is 5.69 Å². The lowest BCUT2D eigenvalue weighted by Crippen LogP contribution is -2.34. The number of hydrogen-bond donors (Lipinski definition) is 2. The fourth-order valence-electron chi connectivity index (χ4n) is 3.02. The van der Waals surface area contributed by atoms with Crippen LogP contribution < -0.4 is 9.80 Å². The molecule has 5 heteroatoms. The average molecular weight is 337 g/mol. The molecule has 0 bridgehead atoms. The molecule has 0 unspecified atom stereocenters. The van der Waals surface area contributed by atoms with Crippen LogP contribution in [0.3, 0.4) is 0 Å². The number of carboxylic acids is 1. The van der Waals surface area contributed by atoms with Crippen LogP contribution in [0.25, 0.3) is 11.1 Å². The first kappa shape index (κ1) is 16.9. The van der Waals surface area contributed by atoms with Crippen LogP contribution in [0.2, 0.25) is 0 Å². The second-order valence-corrected chi connectivity index (χ2v) is 7.06. The van der Waals surface area contributed by atoms with Crippen molar-refractivity contribution >= 4 is 23.3 Å². The second kappa shape index (κ2) is 6.18. The Morgan fingerprint density at radius 3 is 2.28 bits per heavy atom. The summed E-state index contributed by atoms with van der Waals surface area (Å²) in [6, 6.07) is 12.3. The quantitative estimate of drug-likeness (QED) is 0.568. The van der Waals surface area contributed by atoms with Gasteiger partial charge in [-0.05, 0) is 52.9 Å². The lowest BCUT2D eigenvalue weighted by molar-refractivity contribution is -0.131. The van der Waals surface area contributed by atoms with Crippen LogP contribution >= 0.6 is 0 Å². The summed E-state index contributed by atoms with van der Waals surface area (Å²) >= 11 is 0. The standard InChI is InChI=1S/C20H20N2O3/c1-22(2,3)16-5-7-18-14(12-16)10-13-11-15(4-6-17(13)18)21-19(23)8-9-20(24)25/h4-9,11-12H,10H2,1-3H3,(H-,21,23,24,25)/p+1. The van der Waals surface area contributed by atoms with Gasteiger partial charge < -0.3 is 10.4 Å². The predicted octanol–water partition coefficient (Wildman–Crippen LogP) is 3.03. The van der Waals surface area contributed by atoms with Gasteiger partial charge in [0.2, 0.25) is 5.91 Å². The molecule has 2 N–H and O–H groups in total. The molecule has 1 aliphatic carbocycles. The van der Waals surface area contributed by atoms with Gasteiger partial charge >= 0.3 is 5.97 Å². The molecule has 2 aromatic rings. The van der Waals surface area contributed by atoms with Crippen molar-refractivity contribution in [2.45, 2.75) is 6.42 Å². The minimum atomic E-state index is -1.15. The molecule has 0 aromatic heterocycles. The Bertz CT molecular complexity index is 892. The highest BCUT2D eigenvalue weighted by molar-refractivity contribution is 6.02. The average Bonchev–Trinajstić information content (AvgIpc) is 2.88. The van der Waals surface area contributed by atoms with E-state index in [2.05, 4.69) is 44.7 Å². The molecule has 2 aromatic carbocycles. The molecule has 1 aliphatic rings. The first-order valence-corrected chi connectivity index (χ1v) is 8.04. The highest BCUT2D eigenvalue weighted by atomic mass is 16.4. The molecule has 128 valence electrons. The number of fused-ring (bicyclic) bond motifs is 3. The van der Waals surface area contributed by atoms with Crippen molar-refractivity contribution in [2.24, 2.45) is 0 Å². The van der Waals surface area contributed by atoms with E-state index in [1.54, 1.807) is 0 Å². The van der Waals surface area contributed by atoms with E-state index in [9.17, 15) is 9.59 Å². The number of amides is 1. The van der Waals surface area contributed by atoms with Gasteiger partial charge in [0.1, 0.15) is 5.69 Å². The number of nitrogens with zero attached hydrogens (tertiary/aromatic N) is 1. The topological polar surface area (TPSA) is 66.4 Å². The van der Waals surface area contributed by atoms with Gasteiger partial charge in [-0.1, -0.05) is 6.07 Å². The predicted molar refractivity (Wildman–Crippen MR) is 99.7 cm³/mol. The number of benzene rings is 2. The molecule has 3 rings (SSSR count). The molecule has 0 heterocycles. The zero-order valence-electron chi connectivity index (χ0n) is 14.5. The third-order valence-corrected chi connectivity index (χ3v) is 4.28. The number of hydrogen-bond acceptors (Lipinski definition) is 2. The van der Waals surface area contributed by atoms with E-state index >= 15 is 0 Å². The maximum Gasteiger partial charge on any atom is 0.328 e. The highest BCUT2D eigenvalue weighted by Gasteiger charge is 2.22. The molecule has 0 radical (unpaired) electrons. The fourth-order valence-corrected chi connectivity index (χ4v) is 3.02. The third-order valence-electron chi connectivity index (χ3n) is 4.28. The minimum absolute atomic E-state index is 0.454. The zero-order valence-corrected chi connectivity index (χ0v) is 14.5. The smallest absolute Gasteiger partial charge is 0.328 e. The monoisotopic (exact) mass is 337 g/mol. The minimum Gasteiger partial charge on any atom is -0.478 e. The van der Waals surface area contributed by atoms with Crippen molar-refractivity contribution in [3.8, 4) is 11.1 Å². The van der Waals surface area contributed by atoms with Crippen LogP contribution in [-0.2, 0) is 16.0 Å². The van der Waals surface area contributed by atoms with Gasteiger partial charge in [-0.15, -0.1) is 0 Å². The number of nitrogens with one attached hydrogen (secondary N) is 1. The Morgan fingerprint density at radius 2 is 1.64 bits per heavy atom. The van der Waals surface area contributed by atoms with E-state index in [4.69, 9.17) is 5.11 Å². The summed E-state index contributed by atoms with van der Waals surface area (Å²) in [6.07, 6.45) is 2.66. The van der Waals surface area contributed by atoms with Crippen LogP contribution in [0, 0.1) is 0 Å². The Kier molecular flexibility index (Phi) is 4.18. The molecule has 0 saturated carbocycles. The van der Waals surface area contributed by atoms with Crippen molar-refractivity contribution in [2.75, 3.05) is 26.5 Å². The first-order valence-electron chi connectivity index (χ1n) is 8.04. The molecule has 25 heavy (non-hydrogen) atoms. The van der Waals surface area contributed by atoms with Gasteiger partial charge in [-0.3, -0.25) is 9.28 Å². The third kappa shape index (κ3) is 3.61. The number of quaternary nitrogens is 1. The van der Waals surface area contributed by atoms with Crippen molar-refractivity contribution < 1.29 is 14.7 Å². The summed E-state index contributed by atoms with van der Waals surface area (Å²) in [5.41, 5.74) is 6.78. The first-order chi connectivity index (χ1) is 11.7. The summed E-state index contributed by atoms with van der Waals surface area (Å²) in [6.45, 7) is 0. The Morgan fingerprint density at radius 1 is 1.00 bits per heavy atom. The molecule has 0 saturated heterocycles. The molecule has 0 fully saturated rings. The Hall–Kier alpha value is -2.92. The lowest BCUT2D eigenvalue weighted by Gasteiger charge is -2.24. The number of carbonyl (C=O) groups is 2. The summed E-state index contributed by atoms with van der Waals surface area (Å²) < 4.78 is 0.765. The zero-order chi connectivity index (χ0) is 18.2. The van der Waals surface area contributed by atoms with Crippen LogP contribution in [0.15, 0.2) is 48.6 Å². The van der Waals surface area contributed by atoms with Crippen LogP contribution in [-0.4, -0.2) is 38.1 Å². The number of anilines is 1. The largest absolute Gasteiger partial charge is 0.478 e. The lowest BCUT2D eigenvalue weighted by atomic mass is 10.0. The number of carbonyl (C=O) groups excluding carboxylic acids is 1. The van der Waals surface area contributed by atoms with E-state index in [0.717, 1.165) is 28.6 Å². The van der Waals surface area contributed by atoms with E-state index in [1.165, 1.54) is 22.4 Å². The SMILES string of the molecule is C[N+](C)(C)c1ccc2c(c1)Cc1cc(NC(=O)C=CC(=O)O)ccc1-2. The highest BCUT2D eigenvalue weighted by Crippen LogP contribution is 2.39. The van der Waals surface area contributed by atoms with Crippen LogP contribution in [0.4, 0.5) is 11.4 Å². The Balaban J connectivity index is 1.84. The van der Waals surface area contributed by atoms with Gasteiger partial charge in [0.25, 0.3) is 0 Å². The molecule has 0 aliphatic heterocycles. The Labute approximate surface area is 146 Å². The van der Waals surface area contributed by atoms with Gasteiger partial charge in [-0.25, -0.2) is 4.79 Å². The second-order valence-electron chi connectivity index (χ2n) is 7.06. The summed E-state index contributed by atoms with van der Waals surface area (Å²) in [7, 11) is 6.42. The number of aliphatic carboxylic acids is 1. The fraction of sp³-hybridized carbons (Fsp3) is 0.200. The van der Waals surface area contributed by atoms with Crippen molar-refractivity contribution in [3.63, 3.8) is 0 Å². The number of rotatable bonds is 4. The molecule has 0 atom stereocenters. The van der Waals surface area contributed by atoms with Crippen LogP contribution in [0.1, 0.15) is 11.1 Å². The summed E-state index contributed by atoms with van der Waals surface area (Å²) in [5, 5.41) is 11.3. The van der Waals surface area contributed by atoms with E-state index in [-0.39, 0.29) is 0 Å². The van der Waals surface area contributed by atoms with Gasteiger partial charge in [0, 0.05) is 23.9 Å².